The molecule has 112 valence electrons. The van der Waals surface area contributed by atoms with Crippen LogP contribution >= 0.6 is 0 Å². The fraction of sp³-hybridized carbons (Fsp3) is 0.500. The number of fused-ring (bicyclic) bond motifs is 1. The van der Waals surface area contributed by atoms with Crippen molar-refractivity contribution < 1.29 is 19.1 Å². The lowest BCUT2D eigenvalue weighted by Gasteiger charge is -2.31. The molecular formula is C16H19NO4. The first-order valence-electron chi connectivity index (χ1n) is 7.30. The lowest BCUT2D eigenvalue weighted by atomic mass is 10.0. The van der Waals surface area contributed by atoms with Crippen molar-refractivity contribution >= 4 is 11.9 Å². The van der Waals surface area contributed by atoms with E-state index in [-0.39, 0.29) is 18.1 Å². The molecule has 0 aromatic heterocycles. The molecule has 2 saturated heterocycles. The molecule has 1 aromatic rings. The number of benzene rings is 1. The van der Waals surface area contributed by atoms with E-state index in [0.29, 0.717) is 13.2 Å². The topological polar surface area (TPSA) is 55.8 Å². The summed E-state index contributed by atoms with van der Waals surface area (Å²) in [5.74, 6) is -0.589. The summed E-state index contributed by atoms with van der Waals surface area (Å²) < 4.78 is 10.9. The van der Waals surface area contributed by atoms with Crippen molar-refractivity contribution in [1.82, 2.24) is 4.90 Å². The maximum atomic E-state index is 12.6. The van der Waals surface area contributed by atoms with E-state index >= 15 is 0 Å². The molecule has 0 spiro atoms. The number of esters is 1. The predicted octanol–water partition coefficient (Wildman–Crippen LogP) is 1.51. The van der Waals surface area contributed by atoms with Crippen LogP contribution < -0.4 is 0 Å². The van der Waals surface area contributed by atoms with Crippen LogP contribution in [0.15, 0.2) is 30.3 Å². The van der Waals surface area contributed by atoms with Gasteiger partial charge in [-0.05, 0) is 18.4 Å². The zero-order valence-electron chi connectivity index (χ0n) is 12.0. The number of likely N-dealkylation sites (tertiary alicyclic amines) is 1. The molecule has 2 fully saturated rings. The Hall–Kier alpha value is -1.88. The zero-order valence-corrected chi connectivity index (χ0v) is 12.0. The summed E-state index contributed by atoms with van der Waals surface area (Å²) in [6, 6.07) is 9.83. The number of carbonyl (C=O) groups excluding carboxylic acids is 2. The average Bonchev–Trinajstić information content (AvgIpc) is 2.74. The normalized spacial score (nSPS) is 28.3. The van der Waals surface area contributed by atoms with Gasteiger partial charge in [-0.25, -0.2) is 0 Å². The number of hydrogen-bond acceptors (Lipinski definition) is 4. The first-order chi connectivity index (χ1) is 10.2. The van der Waals surface area contributed by atoms with Crippen LogP contribution in [-0.2, 0) is 25.6 Å². The van der Waals surface area contributed by atoms with Crippen LogP contribution in [0.1, 0.15) is 25.3 Å². The van der Waals surface area contributed by atoms with Gasteiger partial charge in [0, 0.05) is 20.1 Å². The molecule has 3 rings (SSSR count). The Morgan fingerprint density at radius 3 is 2.86 bits per heavy atom. The molecule has 0 aliphatic carbocycles. The largest absolute Gasteiger partial charge is 0.450 e. The van der Waals surface area contributed by atoms with Crippen LogP contribution in [0.4, 0.5) is 0 Å². The first-order valence-corrected chi connectivity index (χ1v) is 7.30. The molecule has 0 bridgehead atoms. The fourth-order valence-corrected chi connectivity index (χ4v) is 3.15. The molecule has 0 radical (unpaired) electrons. The van der Waals surface area contributed by atoms with Gasteiger partial charge in [-0.15, -0.1) is 0 Å². The smallest absolute Gasteiger partial charge is 0.303 e. The predicted molar refractivity (Wildman–Crippen MR) is 75.3 cm³/mol. The van der Waals surface area contributed by atoms with Gasteiger partial charge in [0.05, 0.1) is 6.04 Å². The van der Waals surface area contributed by atoms with Crippen LogP contribution in [0, 0.1) is 0 Å². The van der Waals surface area contributed by atoms with Gasteiger partial charge in [-0.1, -0.05) is 30.3 Å². The Bertz CT molecular complexity index is 530. The van der Waals surface area contributed by atoms with Crippen molar-refractivity contribution in [2.75, 3.05) is 6.61 Å². The van der Waals surface area contributed by atoms with Crippen molar-refractivity contribution in [3.05, 3.63) is 35.9 Å². The van der Waals surface area contributed by atoms with Crippen LogP contribution in [0.2, 0.25) is 0 Å². The van der Waals surface area contributed by atoms with Crippen LogP contribution in [0.25, 0.3) is 0 Å². The van der Waals surface area contributed by atoms with Gasteiger partial charge in [0.1, 0.15) is 6.10 Å². The van der Waals surface area contributed by atoms with E-state index < -0.39 is 12.1 Å². The molecule has 3 atom stereocenters. The molecular weight excluding hydrogens is 270 g/mol. The van der Waals surface area contributed by atoms with Crippen LogP contribution in [0.5, 0.6) is 0 Å². The van der Waals surface area contributed by atoms with E-state index in [1.54, 1.807) is 4.90 Å². The summed E-state index contributed by atoms with van der Waals surface area (Å²) in [5.41, 5.74) is 1.07. The second kappa shape index (κ2) is 5.85. The Labute approximate surface area is 123 Å². The third-order valence-corrected chi connectivity index (χ3v) is 4.05. The summed E-state index contributed by atoms with van der Waals surface area (Å²) in [7, 11) is 0. The molecule has 1 aromatic carbocycles. The SMILES string of the molecule is CC(=O)O[C@H]1C(=O)N(Cc2ccccc2)[C@H]2CCCO[C@@H]12. The van der Waals surface area contributed by atoms with Crippen LogP contribution in [-0.4, -0.2) is 41.6 Å². The molecule has 2 heterocycles. The summed E-state index contributed by atoms with van der Waals surface area (Å²) >= 11 is 0. The number of nitrogens with zero attached hydrogens (tertiary/aromatic N) is 1. The standard InChI is InChI=1S/C16H19NO4/c1-11(18)21-15-14-13(8-5-9-20-14)17(16(15)19)10-12-6-3-2-4-7-12/h2-4,6-7,13-15H,5,8-10H2,1H3/t13-,14+,15+/m0/s1. The summed E-state index contributed by atoms with van der Waals surface area (Å²) in [6.45, 7) is 2.47. The fourth-order valence-electron chi connectivity index (χ4n) is 3.15. The monoisotopic (exact) mass is 289 g/mol. The Morgan fingerprint density at radius 2 is 2.14 bits per heavy atom. The highest BCUT2D eigenvalue weighted by Gasteiger charge is 2.51. The second-order valence-electron chi connectivity index (χ2n) is 5.53. The summed E-state index contributed by atoms with van der Waals surface area (Å²) in [6.07, 6.45) is 0.684. The molecule has 5 nitrogen and oxygen atoms in total. The molecule has 1 amide bonds. The van der Waals surface area contributed by atoms with E-state index in [0.717, 1.165) is 18.4 Å². The highest BCUT2D eigenvalue weighted by molar-refractivity contribution is 5.87. The minimum absolute atomic E-state index is 0.00388. The van der Waals surface area contributed by atoms with Gasteiger partial charge >= 0.3 is 5.97 Å². The van der Waals surface area contributed by atoms with Crippen molar-refractivity contribution in [2.24, 2.45) is 0 Å². The number of ether oxygens (including phenoxy) is 2. The lowest BCUT2D eigenvalue weighted by molar-refractivity contribution is -0.160. The van der Waals surface area contributed by atoms with E-state index in [4.69, 9.17) is 9.47 Å². The van der Waals surface area contributed by atoms with Gasteiger partial charge < -0.3 is 14.4 Å². The first kappa shape index (κ1) is 14.1. The van der Waals surface area contributed by atoms with Crippen molar-refractivity contribution in [1.29, 1.82) is 0 Å². The Kier molecular flexibility index (Phi) is 3.92. The van der Waals surface area contributed by atoms with Gasteiger partial charge in [0.25, 0.3) is 5.91 Å². The Morgan fingerprint density at radius 1 is 1.38 bits per heavy atom. The lowest BCUT2D eigenvalue weighted by Crippen LogP contribution is -2.42. The number of carbonyl (C=O) groups is 2. The maximum Gasteiger partial charge on any atom is 0.303 e. The number of amides is 1. The number of hydrogen-bond donors (Lipinski definition) is 0. The van der Waals surface area contributed by atoms with E-state index in [9.17, 15) is 9.59 Å². The molecule has 0 unspecified atom stereocenters. The summed E-state index contributed by atoms with van der Waals surface area (Å²) in [5, 5.41) is 0. The Balaban J connectivity index is 1.82. The zero-order chi connectivity index (χ0) is 14.8. The van der Waals surface area contributed by atoms with Crippen molar-refractivity contribution in [3.63, 3.8) is 0 Å². The maximum absolute atomic E-state index is 12.6. The quantitative estimate of drug-likeness (QED) is 0.791. The molecule has 5 heteroatoms. The molecule has 0 N–H and O–H groups in total. The minimum Gasteiger partial charge on any atom is -0.450 e. The highest BCUT2D eigenvalue weighted by Crippen LogP contribution is 2.32. The molecule has 2 aliphatic rings. The minimum atomic E-state index is -0.795. The van der Waals surface area contributed by atoms with Crippen molar-refractivity contribution in [2.45, 2.75) is 44.6 Å². The van der Waals surface area contributed by atoms with Gasteiger partial charge in [-0.2, -0.15) is 0 Å². The van der Waals surface area contributed by atoms with Gasteiger partial charge in [-0.3, -0.25) is 9.59 Å². The third-order valence-electron chi connectivity index (χ3n) is 4.05. The average molecular weight is 289 g/mol. The molecule has 21 heavy (non-hydrogen) atoms. The number of rotatable bonds is 3. The second-order valence-corrected chi connectivity index (χ2v) is 5.53. The van der Waals surface area contributed by atoms with E-state index in [1.807, 2.05) is 30.3 Å². The van der Waals surface area contributed by atoms with Crippen LogP contribution in [0.3, 0.4) is 0 Å². The van der Waals surface area contributed by atoms with E-state index in [1.165, 1.54) is 6.92 Å². The van der Waals surface area contributed by atoms with Gasteiger partial charge in [0.15, 0.2) is 0 Å². The highest BCUT2D eigenvalue weighted by atomic mass is 16.6. The van der Waals surface area contributed by atoms with Gasteiger partial charge in [0.2, 0.25) is 6.10 Å². The molecule has 0 saturated carbocycles. The summed E-state index contributed by atoms with van der Waals surface area (Å²) in [4.78, 5) is 25.6. The van der Waals surface area contributed by atoms with E-state index in [2.05, 4.69) is 0 Å². The molecule has 2 aliphatic heterocycles. The third kappa shape index (κ3) is 2.78. The van der Waals surface area contributed by atoms with Crippen molar-refractivity contribution in [3.8, 4) is 0 Å².